The lowest BCUT2D eigenvalue weighted by atomic mass is 9.97. The number of hydrogen-bond donors (Lipinski definition) is 1. The van der Waals surface area contributed by atoms with Crippen LogP contribution in [0.25, 0.3) is 0 Å². The zero-order valence-electron chi connectivity index (χ0n) is 19.9. The number of piperazine rings is 1. The number of carbonyl (C=O) groups excluding carboxylic acids is 1. The topological polar surface area (TPSA) is 73.3 Å². The number of guanidine groups is 1. The second-order valence-electron chi connectivity index (χ2n) is 9.27. The highest BCUT2D eigenvalue weighted by Crippen LogP contribution is 2.20. The van der Waals surface area contributed by atoms with Crippen LogP contribution in [0, 0.1) is 5.92 Å². The SMILES string of the molecule is CCNC(=NCC1CCN(C(=O)OC(C)(C)C)CC1)N1CCN(c2ccccn2)CC1.I. The standard InChI is InChI=1S/C23H38N6O2.HI/c1-5-24-21(28-16-14-27(15-17-28)20-8-6-7-11-25-20)26-18-19-9-12-29(13-10-19)22(30)31-23(2,3)4;/h6-8,11,19H,5,9-10,12-18H2,1-4H3,(H,24,26);1H. The number of pyridine rings is 1. The molecular formula is C23H39IN6O2. The van der Waals surface area contributed by atoms with Crippen molar-refractivity contribution in [1.82, 2.24) is 20.1 Å². The van der Waals surface area contributed by atoms with Crippen LogP contribution in [0.5, 0.6) is 0 Å². The molecule has 8 nitrogen and oxygen atoms in total. The number of aromatic nitrogens is 1. The first-order valence-electron chi connectivity index (χ1n) is 11.5. The molecule has 0 spiro atoms. The Kier molecular flexibility index (Phi) is 10.3. The number of nitrogens with zero attached hydrogens (tertiary/aromatic N) is 5. The predicted octanol–water partition coefficient (Wildman–Crippen LogP) is 3.43. The molecule has 0 unspecified atom stereocenters. The molecule has 0 aromatic carbocycles. The lowest BCUT2D eigenvalue weighted by molar-refractivity contribution is 0.0187. The molecule has 2 saturated heterocycles. The fraction of sp³-hybridized carbons (Fsp3) is 0.696. The zero-order valence-corrected chi connectivity index (χ0v) is 22.2. The number of amides is 1. The molecule has 32 heavy (non-hydrogen) atoms. The number of likely N-dealkylation sites (tertiary alicyclic amines) is 1. The van der Waals surface area contributed by atoms with E-state index in [1.807, 2.05) is 44.0 Å². The summed E-state index contributed by atoms with van der Waals surface area (Å²) in [6.45, 7) is 14.7. The minimum absolute atomic E-state index is 0. The summed E-state index contributed by atoms with van der Waals surface area (Å²) in [6, 6.07) is 6.06. The van der Waals surface area contributed by atoms with Crippen molar-refractivity contribution in [2.24, 2.45) is 10.9 Å². The summed E-state index contributed by atoms with van der Waals surface area (Å²) < 4.78 is 5.50. The van der Waals surface area contributed by atoms with Crippen molar-refractivity contribution in [3.63, 3.8) is 0 Å². The van der Waals surface area contributed by atoms with Crippen LogP contribution in [0.2, 0.25) is 0 Å². The Hall–Kier alpha value is -1.78. The van der Waals surface area contributed by atoms with Crippen molar-refractivity contribution in [3.8, 4) is 0 Å². The molecule has 180 valence electrons. The highest BCUT2D eigenvalue weighted by Gasteiger charge is 2.27. The van der Waals surface area contributed by atoms with Crippen LogP contribution in [-0.4, -0.2) is 84.8 Å². The molecule has 0 aliphatic carbocycles. The van der Waals surface area contributed by atoms with Gasteiger partial charge < -0.3 is 24.8 Å². The van der Waals surface area contributed by atoms with Crippen molar-refractivity contribution < 1.29 is 9.53 Å². The molecule has 1 amide bonds. The summed E-state index contributed by atoms with van der Waals surface area (Å²) >= 11 is 0. The fourth-order valence-corrected chi connectivity index (χ4v) is 3.95. The van der Waals surface area contributed by atoms with Gasteiger partial charge in [0.25, 0.3) is 0 Å². The lowest BCUT2D eigenvalue weighted by Gasteiger charge is -2.37. The molecule has 1 N–H and O–H groups in total. The van der Waals surface area contributed by atoms with Gasteiger partial charge in [0.1, 0.15) is 11.4 Å². The van der Waals surface area contributed by atoms with Crippen LogP contribution in [0.4, 0.5) is 10.6 Å². The van der Waals surface area contributed by atoms with E-state index in [-0.39, 0.29) is 30.1 Å². The molecule has 2 aliphatic rings. The summed E-state index contributed by atoms with van der Waals surface area (Å²) in [4.78, 5) is 28.2. The molecule has 0 saturated carbocycles. The minimum Gasteiger partial charge on any atom is -0.444 e. The maximum Gasteiger partial charge on any atom is 0.410 e. The molecule has 2 aliphatic heterocycles. The van der Waals surface area contributed by atoms with Crippen molar-refractivity contribution in [1.29, 1.82) is 0 Å². The Morgan fingerprint density at radius 1 is 1.12 bits per heavy atom. The molecule has 0 radical (unpaired) electrons. The maximum absolute atomic E-state index is 12.3. The number of carbonyl (C=O) groups is 1. The van der Waals surface area contributed by atoms with Crippen LogP contribution in [0.3, 0.4) is 0 Å². The number of anilines is 1. The summed E-state index contributed by atoms with van der Waals surface area (Å²) in [7, 11) is 0. The number of piperidine rings is 1. The highest BCUT2D eigenvalue weighted by molar-refractivity contribution is 14.0. The number of hydrogen-bond acceptors (Lipinski definition) is 5. The van der Waals surface area contributed by atoms with Gasteiger partial charge in [0.2, 0.25) is 0 Å². The Morgan fingerprint density at radius 3 is 2.38 bits per heavy atom. The molecule has 0 atom stereocenters. The van der Waals surface area contributed by atoms with E-state index in [1.165, 1.54) is 0 Å². The van der Waals surface area contributed by atoms with Gasteiger partial charge in [-0.25, -0.2) is 9.78 Å². The van der Waals surface area contributed by atoms with E-state index in [1.54, 1.807) is 0 Å². The Balaban J connectivity index is 0.00000363. The second-order valence-corrected chi connectivity index (χ2v) is 9.27. The molecule has 3 heterocycles. The fourth-order valence-electron chi connectivity index (χ4n) is 3.95. The van der Waals surface area contributed by atoms with Gasteiger partial charge in [-0.3, -0.25) is 4.99 Å². The molecular weight excluding hydrogens is 519 g/mol. The van der Waals surface area contributed by atoms with E-state index in [2.05, 4.69) is 33.1 Å². The van der Waals surface area contributed by atoms with Crippen LogP contribution in [0.15, 0.2) is 29.4 Å². The largest absolute Gasteiger partial charge is 0.444 e. The van der Waals surface area contributed by atoms with Gasteiger partial charge in [-0.05, 0) is 58.6 Å². The summed E-state index contributed by atoms with van der Waals surface area (Å²) in [5, 5.41) is 3.46. The number of nitrogens with one attached hydrogen (secondary N) is 1. The normalized spacial score (nSPS) is 18.2. The summed E-state index contributed by atoms with van der Waals surface area (Å²) in [5.41, 5.74) is -0.445. The van der Waals surface area contributed by atoms with Gasteiger partial charge in [0.05, 0.1) is 0 Å². The first-order valence-corrected chi connectivity index (χ1v) is 11.5. The Bertz CT molecular complexity index is 724. The third-order valence-electron chi connectivity index (χ3n) is 5.65. The smallest absolute Gasteiger partial charge is 0.410 e. The minimum atomic E-state index is -0.445. The van der Waals surface area contributed by atoms with Crippen molar-refractivity contribution in [3.05, 3.63) is 24.4 Å². The van der Waals surface area contributed by atoms with Crippen LogP contribution >= 0.6 is 24.0 Å². The maximum atomic E-state index is 12.3. The Morgan fingerprint density at radius 2 is 1.81 bits per heavy atom. The van der Waals surface area contributed by atoms with E-state index >= 15 is 0 Å². The van der Waals surface area contributed by atoms with Gasteiger partial charge in [0, 0.05) is 58.6 Å². The second kappa shape index (κ2) is 12.5. The van der Waals surface area contributed by atoms with E-state index < -0.39 is 5.60 Å². The third kappa shape index (κ3) is 7.97. The average Bonchev–Trinajstić information content (AvgIpc) is 2.76. The number of aliphatic imine (C=N–C) groups is 1. The van der Waals surface area contributed by atoms with Gasteiger partial charge in [-0.2, -0.15) is 0 Å². The van der Waals surface area contributed by atoms with Crippen LogP contribution < -0.4 is 10.2 Å². The monoisotopic (exact) mass is 558 g/mol. The first kappa shape index (κ1) is 26.5. The molecule has 0 bridgehead atoms. The van der Waals surface area contributed by atoms with Gasteiger partial charge in [0.15, 0.2) is 5.96 Å². The molecule has 9 heteroatoms. The molecule has 1 aromatic heterocycles. The number of halogens is 1. The van der Waals surface area contributed by atoms with E-state index in [4.69, 9.17) is 9.73 Å². The highest BCUT2D eigenvalue weighted by atomic mass is 127. The van der Waals surface area contributed by atoms with Crippen molar-refractivity contribution >= 4 is 41.8 Å². The first-order chi connectivity index (χ1) is 14.9. The molecule has 2 fully saturated rings. The van der Waals surface area contributed by atoms with E-state index in [0.29, 0.717) is 5.92 Å². The predicted molar refractivity (Wildman–Crippen MR) is 140 cm³/mol. The average molecular weight is 559 g/mol. The summed E-state index contributed by atoms with van der Waals surface area (Å²) in [6.07, 6.45) is 3.58. The van der Waals surface area contributed by atoms with Crippen LogP contribution in [0.1, 0.15) is 40.5 Å². The van der Waals surface area contributed by atoms with E-state index in [0.717, 1.165) is 77.0 Å². The molecule has 1 aromatic rings. The third-order valence-corrected chi connectivity index (χ3v) is 5.65. The zero-order chi connectivity index (χ0) is 22.3. The van der Waals surface area contributed by atoms with Gasteiger partial charge >= 0.3 is 6.09 Å². The van der Waals surface area contributed by atoms with Gasteiger partial charge in [-0.15, -0.1) is 24.0 Å². The lowest BCUT2D eigenvalue weighted by Crippen LogP contribution is -2.53. The number of rotatable bonds is 4. The number of ether oxygens (including phenoxy) is 1. The molecule has 3 rings (SSSR count). The van der Waals surface area contributed by atoms with Crippen molar-refractivity contribution in [2.45, 2.75) is 46.1 Å². The van der Waals surface area contributed by atoms with Crippen molar-refractivity contribution in [2.75, 3.05) is 57.3 Å². The van der Waals surface area contributed by atoms with Crippen LogP contribution in [-0.2, 0) is 4.74 Å². The quantitative estimate of drug-likeness (QED) is 0.347. The van der Waals surface area contributed by atoms with E-state index in [9.17, 15) is 4.79 Å². The van der Waals surface area contributed by atoms with Gasteiger partial charge in [-0.1, -0.05) is 6.07 Å². The summed E-state index contributed by atoms with van der Waals surface area (Å²) in [5.74, 6) is 2.54. The Labute approximate surface area is 209 Å².